The van der Waals surface area contributed by atoms with Gasteiger partial charge in [-0.3, -0.25) is 19.8 Å². The van der Waals surface area contributed by atoms with E-state index in [1.807, 2.05) is 29.5 Å². The zero-order chi connectivity index (χ0) is 27.1. The number of hydrogen-bond acceptors (Lipinski definition) is 7. The predicted octanol–water partition coefficient (Wildman–Crippen LogP) is 7.33. The van der Waals surface area contributed by atoms with Crippen LogP contribution in [0.5, 0.6) is 0 Å². The molecule has 0 saturated heterocycles. The minimum atomic E-state index is -3.00. The van der Waals surface area contributed by atoms with E-state index in [9.17, 15) is 8.78 Å². The van der Waals surface area contributed by atoms with Gasteiger partial charge in [-0.05, 0) is 86.4 Å². The van der Waals surface area contributed by atoms with Gasteiger partial charge >= 0.3 is 0 Å². The molecule has 0 aliphatic heterocycles. The van der Waals surface area contributed by atoms with Crippen molar-refractivity contribution in [2.24, 2.45) is 18.9 Å². The Labute approximate surface area is 237 Å². The van der Waals surface area contributed by atoms with Crippen LogP contribution in [0.3, 0.4) is 0 Å². The van der Waals surface area contributed by atoms with Crippen LogP contribution in [0.2, 0.25) is 0 Å². The topological polar surface area (TPSA) is 57.1 Å². The molecule has 1 unspecified atom stereocenters. The molecular formula is C29H36F2N6S2. The molecule has 0 spiro atoms. The predicted molar refractivity (Wildman–Crippen MR) is 158 cm³/mol. The standard InChI is InChI=1S/C29H36F2N6S2/c1-18(20-11-12-20)33-28-27(39-32-17-19-9-10-19)23-15-22(13-14-24(23)38-28)37(21-7-5-4-6-8-21)35-26-16-25(29(2,30)31)34-36(26)3/h4-8,16,19-20,22,32-33,35H,1,9-15,17H2,2-3H3. The Bertz CT molecular complexity index is 1320. The second kappa shape index (κ2) is 10.8. The average Bonchev–Trinajstić information content (AvgIpc) is 3.84. The first-order chi connectivity index (χ1) is 18.8. The minimum absolute atomic E-state index is 0.136. The fourth-order valence-corrected chi connectivity index (χ4v) is 7.47. The molecule has 2 heterocycles. The number of para-hydroxylation sites is 1. The Morgan fingerprint density at radius 3 is 2.64 bits per heavy atom. The van der Waals surface area contributed by atoms with E-state index < -0.39 is 5.92 Å². The summed E-state index contributed by atoms with van der Waals surface area (Å²) in [4.78, 5) is 2.71. The Morgan fingerprint density at radius 1 is 1.21 bits per heavy atom. The molecule has 6 nitrogen and oxygen atoms in total. The molecule has 1 atom stereocenters. The van der Waals surface area contributed by atoms with Gasteiger partial charge in [0.15, 0.2) is 0 Å². The van der Waals surface area contributed by atoms with Crippen molar-refractivity contribution in [3.8, 4) is 0 Å². The van der Waals surface area contributed by atoms with Crippen LogP contribution >= 0.6 is 23.3 Å². The van der Waals surface area contributed by atoms with E-state index in [0.717, 1.165) is 50.0 Å². The van der Waals surface area contributed by atoms with E-state index in [4.69, 9.17) is 0 Å². The number of allylic oxidation sites excluding steroid dienone is 1. The first-order valence-electron chi connectivity index (χ1n) is 13.8. The molecule has 1 aromatic carbocycles. The van der Waals surface area contributed by atoms with Crippen molar-refractivity contribution in [1.82, 2.24) is 14.5 Å². The van der Waals surface area contributed by atoms with Crippen molar-refractivity contribution in [1.29, 1.82) is 0 Å². The van der Waals surface area contributed by atoms with Gasteiger partial charge in [0.25, 0.3) is 5.92 Å². The highest BCUT2D eigenvalue weighted by Crippen LogP contribution is 2.46. The highest BCUT2D eigenvalue weighted by atomic mass is 32.2. The van der Waals surface area contributed by atoms with Gasteiger partial charge in [0.05, 0.1) is 16.6 Å². The lowest BCUT2D eigenvalue weighted by molar-refractivity contribution is 0.0122. The average molecular weight is 571 g/mol. The third-order valence-corrected chi connectivity index (χ3v) is 10.0. The van der Waals surface area contributed by atoms with Crippen molar-refractivity contribution < 1.29 is 8.78 Å². The summed E-state index contributed by atoms with van der Waals surface area (Å²) >= 11 is 3.62. The number of halogens is 2. The monoisotopic (exact) mass is 570 g/mol. The number of nitrogens with zero attached hydrogens (tertiary/aromatic N) is 3. The maximum absolute atomic E-state index is 14.0. The first-order valence-corrected chi connectivity index (χ1v) is 15.4. The van der Waals surface area contributed by atoms with Crippen molar-refractivity contribution in [2.45, 2.75) is 68.7 Å². The van der Waals surface area contributed by atoms with Gasteiger partial charge in [0.2, 0.25) is 0 Å². The summed E-state index contributed by atoms with van der Waals surface area (Å²) in [6.45, 7) is 6.24. The Balaban J connectivity index is 1.28. The number of fused-ring (bicyclic) bond motifs is 1. The Hall–Kier alpha value is -2.56. The third-order valence-electron chi connectivity index (χ3n) is 7.74. The van der Waals surface area contributed by atoms with Crippen LogP contribution in [0.15, 0.2) is 53.6 Å². The van der Waals surface area contributed by atoms with E-state index in [2.05, 4.69) is 44.3 Å². The minimum Gasteiger partial charge on any atom is -0.350 e. The molecule has 3 N–H and O–H groups in total. The summed E-state index contributed by atoms with van der Waals surface area (Å²) in [5.41, 5.74) is 6.72. The van der Waals surface area contributed by atoms with Crippen LogP contribution in [-0.4, -0.2) is 22.4 Å². The number of aryl methyl sites for hydroxylation is 2. The zero-order valence-electron chi connectivity index (χ0n) is 22.5. The second-order valence-corrected chi connectivity index (χ2v) is 13.1. The van der Waals surface area contributed by atoms with Crippen molar-refractivity contribution in [2.75, 3.05) is 22.3 Å². The largest absolute Gasteiger partial charge is 0.350 e. The Morgan fingerprint density at radius 2 is 1.97 bits per heavy atom. The molecule has 2 aromatic heterocycles. The number of benzene rings is 1. The Kier molecular flexibility index (Phi) is 7.37. The molecule has 0 radical (unpaired) electrons. The summed E-state index contributed by atoms with van der Waals surface area (Å²) in [5.74, 6) is -1.07. The highest BCUT2D eigenvalue weighted by molar-refractivity contribution is 7.97. The van der Waals surface area contributed by atoms with Crippen molar-refractivity contribution in [3.05, 3.63) is 64.8 Å². The van der Waals surface area contributed by atoms with E-state index in [1.54, 1.807) is 19.0 Å². The summed E-state index contributed by atoms with van der Waals surface area (Å²) in [6, 6.07) is 11.7. The van der Waals surface area contributed by atoms with Crippen LogP contribution in [0.4, 0.5) is 25.3 Å². The van der Waals surface area contributed by atoms with Gasteiger partial charge in [-0.1, -0.05) is 24.8 Å². The van der Waals surface area contributed by atoms with E-state index >= 15 is 0 Å². The number of alkyl halides is 2. The molecule has 3 aliphatic carbocycles. The van der Waals surface area contributed by atoms with Crippen molar-refractivity contribution in [3.63, 3.8) is 0 Å². The van der Waals surface area contributed by atoms with Crippen LogP contribution < -0.4 is 20.5 Å². The molecule has 3 aromatic rings. The molecular weight excluding hydrogens is 534 g/mol. The van der Waals surface area contributed by atoms with Gasteiger partial charge in [-0.2, -0.15) is 13.9 Å². The molecule has 10 heteroatoms. The number of rotatable bonds is 12. The fraction of sp³-hybridized carbons (Fsp3) is 0.483. The molecule has 6 rings (SSSR count). The van der Waals surface area contributed by atoms with E-state index in [-0.39, 0.29) is 11.7 Å². The molecule has 2 fully saturated rings. The first kappa shape index (κ1) is 26.7. The van der Waals surface area contributed by atoms with Crippen molar-refractivity contribution >= 4 is 39.8 Å². The van der Waals surface area contributed by atoms with Gasteiger partial charge in [0.1, 0.15) is 16.5 Å². The summed E-state index contributed by atoms with van der Waals surface area (Å²) < 4.78 is 33.2. The number of nitrogens with one attached hydrogen (secondary N) is 3. The maximum Gasteiger partial charge on any atom is 0.288 e. The van der Waals surface area contributed by atoms with E-state index in [1.165, 1.54) is 56.8 Å². The molecule has 3 aliphatic rings. The fourth-order valence-electron chi connectivity index (χ4n) is 5.05. The second-order valence-electron chi connectivity index (χ2n) is 11.1. The van der Waals surface area contributed by atoms with Gasteiger partial charge < -0.3 is 5.32 Å². The smallest absolute Gasteiger partial charge is 0.288 e. The summed E-state index contributed by atoms with van der Waals surface area (Å²) in [7, 11) is 1.70. The van der Waals surface area contributed by atoms with Crippen LogP contribution in [-0.2, 0) is 25.8 Å². The zero-order valence-corrected chi connectivity index (χ0v) is 24.1. The number of thiophene rings is 1. The van der Waals surface area contributed by atoms with Gasteiger partial charge in [0, 0.05) is 37.2 Å². The quantitative estimate of drug-likeness (QED) is 0.157. The highest BCUT2D eigenvalue weighted by Gasteiger charge is 2.34. The van der Waals surface area contributed by atoms with E-state index in [0.29, 0.717) is 11.7 Å². The van der Waals surface area contributed by atoms with Crippen LogP contribution in [0.1, 0.15) is 55.2 Å². The number of anilines is 3. The normalized spacial score (nSPS) is 19.0. The lowest BCUT2D eigenvalue weighted by Gasteiger charge is -2.36. The number of hydrazine groups is 1. The summed E-state index contributed by atoms with van der Waals surface area (Å²) in [6.07, 6.45) is 7.85. The molecule has 39 heavy (non-hydrogen) atoms. The van der Waals surface area contributed by atoms with Gasteiger partial charge in [-0.25, -0.2) is 0 Å². The number of hydrogen-bond donors (Lipinski definition) is 3. The molecule has 0 bridgehead atoms. The summed E-state index contributed by atoms with van der Waals surface area (Å²) in [5, 5.41) is 11.1. The molecule has 208 valence electrons. The maximum atomic E-state index is 14.0. The lowest BCUT2D eigenvalue weighted by Crippen LogP contribution is -2.43. The van der Waals surface area contributed by atoms with Crippen LogP contribution in [0, 0.1) is 11.8 Å². The van der Waals surface area contributed by atoms with Crippen LogP contribution in [0.25, 0.3) is 0 Å². The number of aromatic nitrogens is 2. The molecule has 0 amide bonds. The SMILES string of the molecule is C=C(Nc1sc2c(c1SNCC1CC1)CC(N(Nc1cc(C(C)(F)F)nn1C)c1ccccc1)CC2)C1CC1. The van der Waals surface area contributed by atoms with Gasteiger partial charge in [-0.15, -0.1) is 11.3 Å². The lowest BCUT2D eigenvalue weighted by atomic mass is 9.93. The molecule has 2 saturated carbocycles. The third kappa shape index (κ3) is 6.12.